The van der Waals surface area contributed by atoms with Gasteiger partial charge in [0.1, 0.15) is 0 Å². The summed E-state index contributed by atoms with van der Waals surface area (Å²) in [5.74, 6) is -0.0951. The molecule has 0 fully saturated rings. The number of carbonyl (C=O) groups is 1. The van der Waals surface area contributed by atoms with Crippen molar-refractivity contribution in [2.24, 2.45) is 11.1 Å². The maximum absolute atomic E-state index is 12.2. The molecule has 1 aromatic carbocycles. The number of hydrogen-bond donors (Lipinski definition) is 2. The molecule has 0 heterocycles. The molecule has 1 rings (SSSR count). The van der Waals surface area contributed by atoms with Crippen molar-refractivity contribution in [3.05, 3.63) is 34.3 Å². The second kappa shape index (κ2) is 6.53. The lowest BCUT2D eigenvalue weighted by molar-refractivity contribution is -0.125. The van der Waals surface area contributed by atoms with Crippen LogP contribution in [0, 0.1) is 5.41 Å². The van der Waals surface area contributed by atoms with Crippen molar-refractivity contribution in [1.29, 1.82) is 0 Å². The van der Waals surface area contributed by atoms with Crippen molar-refractivity contribution in [2.75, 3.05) is 0 Å². The Morgan fingerprint density at radius 2 is 1.84 bits per heavy atom. The fourth-order valence-corrected chi connectivity index (χ4v) is 2.04. The zero-order valence-corrected chi connectivity index (χ0v) is 13.6. The van der Waals surface area contributed by atoms with Crippen LogP contribution in [0.3, 0.4) is 0 Å². The average molecular weight is 327 g/mol. The first-order chi connectivity index (χ1) is 8.75. The van der Waals surface area contributed by atoms with E-state index in [1.807, 2.05) is 45.0 Å². The molecule has 1 amide bonds. The predicted octanol–water partition coefficient (Wildman–Crippen LogP) is 3.39. The zero-order valence-electron chi connectivity index (χ0n) is 12.0. The Morgan fingerprint density at radius 1 is 1.32 bits per heavy atom. The number of amides is 1. The molecule has 1 unspecified atom stereocenters. The second-order valence-electron chi connectivity index (χ2n) is 5.86. The summed E-state index contributed by atoms with van der Waals surface area (Å²) in [7, 11) is 0. The lowest BCUT2D eigenvalue weighted by Crippen LogP contribution is -2.49. The summed E-state index contributed by atoms with van der Waals surface area (Å²) in [6, 6.07) is 7.50. The van der Waals surface area contributed by atoms with Gasteiger partial charge in [0, 0.05) is 4.47 Å². The molecular weight excluding hydrogens is 304 g/mol. The van der Waals surface area contributed by atoms with Gasteiger partial charge in [0.15, 0.2) is 0 Å². The Balaban J connectivity index is 2.78. The molecule has 0 saturated heterocycles. The van der Waals surface area contributed by atoms with E-state index in [0.29, 0.717) is 0 Å². The van der Waals surface area contributed by atoms with Crippen LogP contribution in [0.5, 0.6) is 0 Å². The lowest BCUT2D eigenvalue weighted by atomic mass is 9.86. The first kappa shape index (κ1) is 16.2. The lowest BCUT2D eigenvalue weighted by Gasteiger charge is -2.28. The molecule has 0 aromatic heterocycles. The van der Waals surface area contributed by atoms with Crippen LogP contribution in [-0.4, -0.2) is 11.9 Å². The Bertz CT molecular complexity index is 423. The molecule has 0 saturated carbocycles. The van der Waals surface area contributed by atoms with E-state index in [4.69, 9.17) is 5.73 Å². The minimum Gasteiger partial charge on any atom is -0.348 e. The molecule has 106 valence electrons. The van der Waals surface area contributed by atoms with E-state index >= 15 is 0 Å². The van der Waals surface area contributed by atoms with Crippen LogP contribution in [0.4, 0.5) is 0 Å². The van der Waals surface area contributed by atoms with Gasteiger partial charge in [-0.2, -0.15) is 0 Å². The highest BCUT2D eigenvalue weighted by atomic mass is 79.9. The molecule has 2 atom stereocenters. The van der Waals surface area contributed by atoms with Gasteiger partial charge in [-0.15, -0.1) is 0 Å². The fourth-order valence-electron chi connectivity index (χ4n) is 1.77. The standard InChI is InChI=1S/C15H23BrN2O/c1-5-12(10-6-8-11(16)9-7-10)18-14(19)13(17)15(2,3)4/h6-9,12-13H,5,17H2,1-4H3,(H,18,19)/t12?,13-/m0/s1. The topological polar surface area (TPSA) is 55.1 Å². The number of nitrogens with two attached hydrogens (primary N) is 1. The summed E-state index contributed by atoms with van der Waals surface area (Å²) >= 11 is 3.41. The number of rotatable bonds is 4. The summed E-state index contributed by atoms with van der Waals surface area (Å²) in [6.45, 7) is 7.96. The Hall–Kier alpha value is -0.870. The van der Waals surface area contributed by atoms with E-state index < -0.39 is 6.04 Å². The Kier molecular flexibility index (Phi) is 5.56. The zero-order chi connectivity index (χ0) is 14.6. The van der Waals surface area contributed by atoms with Crippen LogP contribution in [0.1, 0.15) is 45.7 Å². The second-order valence-corrected chi connectivity index (χ2v) is 6.78. The van der Waals surface area contributed by atoms with Crippen LogP contribution in [0.2, 0.25) is 0 Å². The maximum Gasteiger partial charge on any atom is 0.237 e. The third-order valence-electron chi connectivity index (χ3n) is 3.21. The van der Waals surface area contributed by atoms with E-state index in [9.17, 15) is 4.79 Å². The van der Waals surface area contributed by atoms with E-state index in [1.165, 1.54) is 0 Å². The van der Waals surface area contributed by atoms with Gasteiger partial charge in [-0.3, -0.25) is 4.79 Å². The predicted molar refractivity (Wildman–Crippen MR) is 82.7 cm³/mol. The molecule has 0 bridgehead atoms. The highest BCUT2D eigenvalue weighted by Gasteiger charge is 2.28. The minimum absolute atomic E-state index is 0.00833. The SMILES string of the molecule is CCC(NC(=O)[C@H](N)C(C)(C)C)c1ccc(Br)cc1. The molecule has 19 heavy (non-hydrogen) atoms. The van der Waals surface area contributed by atoms with Crippen LogP contribution < -0.4 is 11.1 Å². The summed E-state index contributed by atoms with van der Waals surface area (Å²) in [5.41, 5.74) is 6.84. The van der Waals surface area contributed by atoms with Gasteiger partial charge >= 0.3 is 0 Å². The van der Waals surface area contributed by atoms with Crippen LogP contribution in [-0.2, 0) is 4.79 Å². The third-order valence-corrected chi connectivity index (χ3v) is 3.74. The summed E-state index contributed by atoms with van der Waals surface area (Å²) < 4.78 is 1.03. The molecular formula is C15H23BrN2O. The van der Waals surface area contributed by atoms with Gasteiger partial charge in [0.2, 0.25) is 5.91 Å². The normalized spacial score (nSPS) is 14.8. The van der Waals surface area contributed by atoms with Crippen LogP contribution >= 0.6 is 15.9 Å². The fraction of sp³-hybridized carbons (Fsp3) is 0.533. The molecule has 0 aliphatic heterocycles. The van der Waals surface area contributed by atoms with Crippen molar-refractivity contribution in [3.63, 3.8) is 0 Å². The Labute approximate surface area is 124 Å². The number of halogens is 1. The van der Waals surface area contributed by atoms with Crippen molar-refractivity contribution >= 4 is 21.8 Å². The largest absolute Gasteiger partial charge is 0.348 e. The number of carbonyl (C=O) groups excluding carboxylic acids is 1. The van der Waals surface area contributed by atoms with Crippen molar-refractivity contribution in [3.8, 4) is 0 Å². The first-order valence-electron chi connectivity index (χ1n) is 6.57. The monoisotopic (exact) mass is 326 g/mol. The van der Waals surface area contributed by atoms with Gasteiger partial charge in [-0.05, 0) is 29.5 Å². The number of nitrogens with one attached hydrogen (secondary N) is 1. The number of benzene rings is 1. The van der Waals surface area contributed by atoms with Gasteiger partial charge in [0.05, 0.1) is 12.1 Å². The van der Waals surface area contributed by atoms with E-state index in [0.717, 1.165) is 16.5 Å². The van der Waals surface area contributed by atoms with E-state index in [1.54, 1.807) is 0 Å². The molecule has 0 spiro atoms. The molecule has 3 nitrogen and oxygen atoms in total. The molecule has 4 heteroatoms. The molecule has 0 aliphatic carbocycles. The Morgan fingerprint density at radius 3 is 2.26 bits per heavy atom. The van der Waals surface area contributed by atoms with Gasteiger partial charge < -0.3 is 11.1 Å². The summed E-state index contributed by atoms with van der Waals surface area (Å²) in [6.07, 6.45) is 0.838. The first-order valence-corrected chi connectivity index (χ1v) is 7.36. The molecule has 3 N–H and O–H groups in total. The van der Waals surface area contributed by atoms with Gasteiger partial charge in [-0.1, -0.05) is 55.8 Å². The maximum atomic E-state index is 12.2. The molecule has 0 radical (unpaired) electrons. The smallest absolute Gasteiger partial charge is 0.237 e. The van der Waals surface area contributed by atoms with Crippen molar-refractivity contribution in [2.45, 2.75) is 46.2 Å². The number of hydrogen-bond acceptors (Lipinski definition) is 2. The molecule has 1 aromatic rings. The molecule has 0 aliphatic rings. The third kappa shape index (κ3) is 4.62. The summed E-state index contributed by atoms with van der Waals surface area (Å²) in [4.78, 5) is 12.2. The van der Waals surface area contributed by atoms with E-state index in [2.05, 4.69) is 28.2 Å². The van der Waals surface area contributed by atoms with Crippen molar-refractivity contribution < 1.29 is 4.79 Å². The van der Waals surface area contributed by atoms with Crippen molar-refractivity contribution in [1.82, 2.24) is 5.32 Å². The summed E-state index contributed by atoms with van der Waals surface area (Å²) in [5, 5.41) is 3.03. The highest BCUT2D eigenvalue weighted by Crippen LogP contribution is 2.22. The van der Waals surface area contributed by atoms with Crippen LogP contribution in [0.15, 0.2) is 28.7 Å². The van der Waals surface area contributed by atoms with E-state index in [-0.39, 0.29) is 17.4 Å². The average Bonchev–Trinajstić information content (AvgIpc) is 2.34. The van der Waals surface area contributed by atoms with Gasteiger partial charge in [0.25, 0.3) is 0 Å². The highest BCUT2D eigenvalue weighted by molar-refractivity contribution is 9.10. The quantitative estimate of drug-likeness (QED) is 0.891. The van der Waals surface area contributed by atoms with Gasteiger partial charge in [-0.25, -0.2) is 0 Å². The van der Waals surface area contributed by atoms with Crippen LogP contribution in [0.25, 0.3) is 0 Å². The minimum atomic E-state index is -0.503.